The van der Waals surface area contributed by atoms with Gasteiger partial charge in [0.25, 0.3) is 0 Å². The van der Waals surface area contributed by atoms with Gasteiger partial charge in [-0.3, -0.25) is 0 Å². The van der Waals surface area contributed by atoms with E-state index in [0.717, 1.165) is 63.9 Å². The first-order valence-corrected chi connectivity index (χ1v) is 17.3. The van der Waals surface area contributed by atoms with Gasteiger partial charge >= 0.3 is 0 Å². The average Bonchev–Trinajstić information content (AvgIpc) is 3.09. The molecule has 0 saturated carbocycles. The number of anilines is 3. The van der Waals surface area contributed by atoms with Gasteiger partial charge in [0.2, 0.25) is 0 Å². The molecule has 1 nitrogen and oxygen atoms in total. The van der Waals surface area contributed by atoms with Crippen LogP contribution in [0.25, 0.3) is 36.5 Å². The lowest BCUT2D eigenvalue weighted by molar-refractivity contribution is 1.28. The largest absolute Gasteiger partial charge is 0.311 e. The van der Waals surface area contributed by atoms with Crippen LogP contribution in [0.15, 0.2) is 159 Å². The fourth-order valence-electron chi connectivity index (χ4n) is 4.95. The zero-order valence-electron chi connectivity index (χ0n) is 24.9. The van der Waals surface area contributed by atoms with Crippen molar-refractivity contribution in [1.29, 1.82) is 0 Å². The standard InChI is InChI=1S/C42H30Br3N/c43-37-19-7-31(8-20-37)1-4-34-13-25-40(26-14-34)46(41-27-15-35(16-28-41)5-2-32-9-21-38(44)22-10-32)42-29-17-36(18-30-42)6-3-33-11-23-39(45)24-12-33/h1-30H. The summed E-state index contributed by atoms with van der Waals surface area (Å²) in [5.41, 5.74) is 10.2. The van der Waals surface area contributed by atoms with Gasteiger partial charge in [-0.25, -0.2) is 0 Å². The second-order valence-corrected chi connectivity index (χ2v) is 13.5. The Labute approximate surface area is 296 Å². The Bertz CT molecular complexity index is 1720. The van der Waals surface area contributed by atoms with Crippen molar-refractivity contribution >= 4 is 101 Å². The normalized spacial score (nSPS) is 11.5. The molecule has 0 heterocycles. The van der Waals surface area contributed by atoms with E-state index in [0.29, 0.717) is 0 Å². The van der Waals surface area contributed by atoms with Crippen molar-refractivity contribution in [3.63, 3.8) is 0 Å². The van der Waals surface area contributed by atoms with Crippen LogP contribution < -0.4 is 4.90 Å². The van der Waals surface area contributed by atoms with Crippen molar-refractivity contribution in [2.75, 3.05) is 4.90 Å². The molecule has 0 radical (unpaired) electrons. The van der Waals surface area contributed by atoms with E-state index in [1.165, 1.54) is 0 Å². The van der Waals surface area contributed by atoms with Gasteiger partial charge in [-0.2, -0.15) is 0 Å². The Morgan fingerprint density at radius 1 is 0.261 bits per heavy atom. The third kappa shape index (κ3) is 8.73. The Balaban J connectivity index is 1.27. The highest BCUT2D eigenvalue weighted by Crippen LogP contribution is 2.35. The van der Waals surface area contributed by atoms with E-state index >= 15 is 0 Å². The van der Waals surface area contributed by atoms with Crippen molar-refractivity contribution in [3.05, 3.63) is 192 Å². The molecular formula is C42H30Br3N. The molecule has 0 N–H and O–H groups in total. The van der Waals surface area contributed by atoms with Crippen LogP contribution in [0.1, 0.15) is 33.4 Å². The Morgan fingerprint density at radius 2 is 0.435 bits per heavy atom. The van der Waals surface area contributed by atoms with E-state index in [9.17, 15) is 0 Å². The van der Waals surface area contributed by atoms with Gasteiger partial charge in [-0.15, -0.1) is 0 Å². The molecule has 4 heteroatoms. The monoisotopic (exact) mass is 785 g/mol. The van der Waals surface area contributed by atoms with E-state index < -0.39 is 0 Å². The summed E-state index contributed by atoms with van der Waals surface area (Å²) in [5.74, 6) is 0. The predicted molar refractivity (Wildman–Crippen MR) is 210 cm³/mol. The SMILES string of the molecule is Brc1ccc(C=Cc2ccc(N(c3ccc(C=Cc4ccc(Br)cc4)cc3)c3ccc(C=Cc4ccc(Br)cc4)cc3)cc2)cc1. The van der Waals surface area contributed by atoms with E-state index in [1.54, 1.807) is 0 Å². The summed E-state index contributed by atoms with van der Waals surface area (Å²) < 4.78 is 3.24. The third-order valence-electron chi connectivity index (χ3n) is 7.47. The molecule has 0 aliphatic heterocycles. The summed E-state index contributed by atoms with van der Waals surface area (Å²) in [5, 5.41) is 0. The van der Waals surface area contributed by atoms with Crippen LogP contribution in [0, 0.1) is 0 Å². The minimum absolute atomic E-state index is 1.08. The first-order valence-electron chi connectivity index (χ1n) is 14.9. The van der Waals surface area contributed by atoms with Crippen molar-refractivity contribution in [1.82, 2.24) is 0 Å². The second-order valence-electron chi connectivity index (χ2n) is 10.8. The molecule has 0 amide bonds. The maximum Gasteiger partial charge on any atom is 0.0462 e. The molecular weight excluding hydrogens is 758 g/mol. The average molecular weight is 788 g/mol. The molecule has 0 saturated heterocycles. The number of hydrogen-bond donors (Lipinski definition) is 0. The van der Waals surface area contributed by atoms with Crippen molar-refractivity contribution in [3.8, 4) is 0 Å². The molecule has 0 aliphatic carbocycles. The Hall–Kier alpha value is -4.22. The van der Waals surface area contributed by atoms with Crippen LogP contribution in [0.3, 0.4) is 0 Å². The van der Waals surface area contributed by atoms with Crippen LogP contribution in [0.2, 0.25) is 0 Å². The summed E-state index contributed by atoms with van der Waals surface area (Å²) in [4.78, 5) is 2.30. The third-order valence-corrected chi connectivity index (χ3v) is 9.05. The van der Waals surface area contributed by atoms with Crippen molar-refractivity contribution in [2.45, 2.75) is 0 Å². The van der Waals surface area contributed by atoms with E-state index in [1.807, 2.05) is 0 Å². The van der Waals surface area contributed by atoms with Gasteiger partial charge in [-0.05, 0) is 106 Å². The van der Waals surface area contributed by atoms with Crippen LogP contribution in [0.4, 0.5) is 17.1 Å². The number of hydrogen-bond acceptors (Lipinski definition) is 1. The molecule has 0 aliphatic rings. The summed E-state index contributed by atoms with van der Waals surface area (Å²) in [6.07, 6.45) is 12.9. The second kappa shape index (κ2) is 15.4. The first kappa shape index (κ1) is 31.7. The molecule has 0 bridgehead atoms. The Kier molecular flexibility index (Phi) is 10.6. The first-order chi connectivity index (χ1) is 22.5. The molecule has 6 aromatic rings. The molecule has 0 spiro atoms. The van der Waals surface area contributed by atoms with Gasteiger partial charge in [0.05, 0.1) is 0 Å². The molecule has 0 unspecified atom stereocenters. The highest BCUT2D eigenvalue weighted by atomic mass is 79.9. The lowest BCUT2D eigenvalue weighted by atomic mass is 10.1. The fraction of sp³-hybridized carbons (Fsp3) is 0. The fourth-order valence-corrected chi connectivity index (χ4v) is 5.74. The lowest BCUT2D eigenvalue weighted by Gasteiger charge is -2.26. The minimum atomic E-state index is 1.08. The number of benzene rings is 6. The van der Waals surface area contributed by atoms with Gasteiger partial charge in [-0.1, -0.05) is 157 Å². The molecule has 0 atom stereocenters. The zero-order chi connectivity index (χ0) is 31.7. The van der Waals surface area contributed by atoms with Gasteiger partial charge in [0.1, 0.15) is 0 Å². The summed E-state index contributed by atoms with van der Waals surface area (Å²) >= 11 is 10.5. The lowest BCUT2D eigenvalue weighted by Crippen LogP contribution is -2.09. The maximum atomic E-state index is 3.51. The van der Waals surface area contributed by atoms with Crippen molar-refractivity contribution in [2.24, 2.45) is 0 Å². The summed E-state index contributed by atoms with van der Waals surface area (Å²) in [6.45, 7) is 0. The van der Waals surface area contributed by atoms with E-state index in [2.05, 4.69) is 235 Å². The number of halogens is 3. The van der Waals surface area contributed by atoms with E-state index in [4.69, 9.17) is 0 Å². The highest BCUT2D eigenvalue weighted by Gasteiger charge is 2.12. The van der Waals surface area contributed by atoms with Crippen LogP contribution in [0.5, 0.6) is 0 Å². The summed E-state index contributed by atoms with van der Waals surface area (Å²) in [6, 6.07) is 51.1. The van der Waals surface area contributed by atoms with Crippen LogP contribution in [-0.4, -0.2) is 0 Å². The maximum absolute atomic E-state index is 3.51. The zero-order valence-corrected chi connectivity index (χ0v) is 29.7. The Morgan fingerprint density at radius 3 is 0.630 bits per heavy atom. The molecule has 46 heavy (non-hydrogen) atoms. The molecule has 6 aromatic carbocycles. The quantitative estimate of drug-likeness (QED) is 0.132. The smallest absolute Gasteiger partial charge is 0.0462 e. The molecule has 0 fully saturated rings. The minimum Gasteiger partial charge on any atom is -0.311 e. The predicted octanol–water partition coefficient (Wildman–Crippen LogP) is 14.0. The molecule has 0 aromatic heterocycles. The van der Waals surface area contributed by atoms with Gasteiger partial charge in [0.15, 0.2) is 0 Å². The number of nitrogens with zero attached hydrogens (tertiary/aromatic N) is 1. The van der Waals surface area contributed by atoms with Gasteiger partial charge < -0.3 is 4.90 Å². The van der Waals surface area contributed by atoms with Gasteiger partial charge in [0, 0.05) is 30.5 Å². The van der Waals surface area contributed by atoms with Crippen LogP contribution >= 0.6 is 47.8 Å². The molecule has 6 rings (SSSR count). The highest BCUT2D eigenvalue weighted by molar-refractivity contribution is 9.11. The summed E-state index contributed by atoms with van der Waals surface area (Å²) in [7, 11) is 0. The number of rotatable bonds is 9. The topological polar surface area (TPSA) is 3.24 Å². The van der Waals surface area contributed by atoms with E-state index in [-0.39, 0.29) is 0 Å². The van der Waals surface area contributed by atoms with Crippen LogP contribution in [-0.2, 0) is 0 Å². The van der Waals surface area contributed by atoms with Crippen molar-refractivity contribution < 1.29 is 0 Å². The molecule has 224 valence electrons.